The van der Waals surface area contributed by atoms with Crippen molar-refractivity contribution in [3.8, 4) is 5.75 Å². The van der Waals surface area contributed by atoms with Crippen molar-refractivity contribution in [2.24, 2.45) is 5.73 Å². The number of ether oxygens (including phenoxy) is 1. The molecule has 0 amide bonds. The van der Waals surface area contributed by atoms with Gasteiger partial charge in [0.15, 0.2) is 0 Å². The van der Waals surface area contributed by atoms with Crippen LogP contribution in [0.5, 0.6) is 5.75 Å². The third-order valence-electron chi connectivity index (χ3n) is 3.22. The maximum Gasteiger partial charge on any atom is 0.142 e. The van der Waals surface area contributed by atoms with Gasteiger partial charge in [0, 0.05) is 18.8 Å². The molecule has 0 saturated heterocycles. The molecule has 0 radical (unpaired) electrons. The smallest absolute Gasteiger partial charge is 0.142 e. The minimum Gasteiger partial charge on any atom is -0.485 e. The van der Waals surface area contributed by atoms with Crippen LogP contribution in [0, 0.1) is 6.92 Å². The molecule has 0 saturated carbocycles. The van der Waals surface area contributed by atoms with Gasteiger partial charge in [-0.15, -0.1) is 0 Å². The number of rotatable bonds is 6. The van der Waals surface area contributed by atoms with Gasteiger partial charge in [0.1, 0.15) is 12.4 Å². The highest BCUT2D eigenvalue weighted by atomic mass is 16.5. The van der Waals surface area contributed by atoms with Gasteiger partial charge in [-0.3, -0.25) is 9.67 Å². The number of hydrogen-bond donors (Lipinski definition) is 1. The Morgan fingerprint density at radius 3 is 2.75 bits per heavy atom. The van der Waals surface area contributed by atoms with Crippen LogP contribution < -0.4 is 10.5 Å². The summed E-state index contributed by atoms with van der Waals surface area (Å²) in [5.74, 6) is 0.750. The van der Waals surface area contributed by atoms with E-state index in [-0.39, 0.29) is 0 Å². The average molecular weight is 274 g/mol. The van der Waals surface area contributed by atoms with E-state index >= 15 is 0 Å². The summed E-state index contributed by atoms with van der Waals surface area (Å²) in [6.45, 7) is 7.83. The Balaban J connectivity index is 2.14. The lowest BCUT2D eigenvalue weighted by molar-refractivity contribution is 0.288. The second kappa shape index (κ2) is 6.52. The van der Waals surface area contributed by atoms with Gasteiger partial charge in [0.05, 0.1) is 17.1 Å². The van der Waals surface area contributed by atoms with Gasteiger partial charge in [-0.1, -0.05) is 6.92 Å². The Labute approximate surface area is 119 Å². The van der Waals surface area contributed by atoms with Crippen LogP contribution in [0.25, 0.3) is 0 Å². The molecule has 20 heavy (non-hydrogen) atoms. The van der Waals surface area contributed by atoms with Crippen LogP contribution in [-0.2, 0) is 26.1 Å². The average Bonchev–Trinajstić information content (AvgIpc) is 2.88. The molecule has 0 bridgehead atoms. The fraction of sp³-hybridized carbons (Fsp3) is 0.467. The molecule has 2 N–H and O–H groups in total. The molecule has 108 valence electrons. The van der Waals surface area contributed by atoms with E-state index in [0.29, 0.717) is 13.2 Å². The summed E-state index contributed by atoms with van der Waals surface area (Å²) in [6, 6.07) is 5.95. The summed E-state index contributed by atoms with van der Waals surface area (Å²) in [6.07, 6.45) is 0.931. The van der Waals surface area contributed by atoms with E-state index in [1.165, 1.54) is 0 Å². The highest BCUT2D eigenvalue weighted by molar-refractivity contribution is 5.29. The highest BCUT2D eigenvalue weighted by Crippen LogP contribution is 2.18. The number of aryl methyl sites for hydroxylation is 3. The van der Waals surface area contributed by atoms with Crippen molar-refractivity contribution in [1.82, 2.24) is 14.8 Å². The van der Waals surface area contributed by atoms with E-state index in [1.54, 1.807) is 0 Å². The van der Waals surface area contributed by atoms with Gasteiger partial charge in [0.25, 0.3) is 0 Å². The fourth-order valence-corrected chi connectivity index (χ4v) is 2.10. The first-order chi connectivity index (χ1) is 9.67. The molecule has 0 atom stereocenters. The molecular formula is C15H22N4O. The molecule has 0 aliphatic carbocycles. The van der Waals surface area contributed by atoms with Crippen LogP contribution in [0.2, 0.25) is 0 Å². The largest absolute Gasteiger partial charge is 0.485 e. The molecule has 0 aliphatic rings. The zero-order valence-corrected chi connectivity index (χ0v) is 12.4. The van der Waals surface area contributed by atoms with E-state index in [2.05, 4.69) is 30.0 Å². The number of aromatic nitrogens is 3. The number of nitrogens with zero attached hydrogens (tertiary/aromatic N) is 3. The molecule has 0 aromatic carbocycles. The molecule has 2 aromatic rings. The third kappa shape index (κ3) is 3.17. The second-order valence-electron chi connectivity index (χ2n) is 4.69. The predicted molar refractivity (Wildman–Crippen MR) is 78.5 cm³/mol. The Morgan fingerprint density at radius 2 is 2.10 bits per heavy atom. The summed E-state index contributed by atoms with van der Waals surface area (Å²) < 4.78 is 7.84. The number of hydrogen-bond acceptors (Lipinski definition) is 4. The van der Waals surface area contributed by atoms with Gasteiger partial charge in [0.2, 0.25) is 0 Å². The van der Waals surface area contributed by atoms with E-state index in [4.69, 9.17) is 10.5 Å². The van der Waals surface area contributed by atoms with E-state index in [1.807, 2.05) is 23.7 Å². The zero-order chi connectivity index (χ0) is 14.5. The lowest BCUT2D eigenvalue weighted by Gasteiger charge is -2.11. The van der Waals surface area contributed by atoms with Crippen molar-refractivity contribution in [3.63, 3.8) is 0 Å². The van der Waals surface area contributed by atoms with Crippen molar-refractivity contribution >= 4 is 0 Å². The molecule has 2 heterocycles. The van der Waals surface area contributed by atoms with Crippen molar-refractivity contribution in [2.45, 2.75) is 46.9 Å². The van der Waals surface area contributed by atoms with E-state index in [0.717, 1.165) is 41.5 Å². The Kier molecular flexibility index (Phi) is 4.74. The number of pyridine rings is 1. The molecular weight excluding hydrogens is 252 g/mol. The lowest BCUT2D eigenvalue weighted by Crippen LogP contribution is -2.09. The van der Waals surface area contributed by atoms with E-state index in [9.17, 15) is 0 Å². The first-order valence-electron chi connectivity index (χ1n) is 7.02. The molecule has 2 aromatic heterocycles. The van der Waals surface area contributed by atoms with Gasteiger partial charge in [-0.05, 0) is 38.5 Å². The predicted octanol–water partition coefficient (Wildman–Crippen LogP) is 2.21. The van der Waals surface area contributed by atoms with Crippen LogP contribution in [0.15, 0.2) is 18.2 Å². The van der Waals surface area contributed by atoms with Gasteiger partial charge < -0.3 is 10.5 Å². The quantitative estimate of drug-likeness (QED) is 0.877. The molecule has 5 heteroatoms. The summed E-state index contributed by atoms with van der Waals surface area (Å²) in [5.41, 5.74) is 9.62. The summed E-state index contributed by atoms with van der Waals surface area (Å²) >= 11 is 0. The Hall–Kier alpha value is -1.88. The first-order valence-corrected chi connectivity index (χ1v) is 7.02. The van der Waals surface area contributed by atoms with Crippen molar-refractivity contribution in [3.05, 3.63) is 41.0 Å². The topological polar surface area (TPSA) is 66.0 Å². The normalized spacial score (nSPS) is 10.8. The molecule has 2 rings (SSSR count). The maximum atomic E-state index is 5.87. The second-order valence-corrected chi connectivity index (χ2v) is 4.69. The Morgan fingerprint density at radius 1 is 1.30 bits per heavy atom. The van der Waals surface area contributed by atoms with Crippen LogP contribution in [0.4, 0.5) is 0 Å². The van der Waals surface area contributed by atoms with Crippen molar-refractivity contribution in [2.75, 3.05) is 0 Å². The van der Waals surface area contributed by atoms with E-state index < -0.39 is 0 Å². The molecule has 0 spiro atoms. The summed E-state index contributed by atoms with van der Waals surface area (Å²) in [4.78, 5) is 4.40. The maximum absolute atomic E-state index is 5.87. The minimum atomic E-state index is 0.379. The van der Waals surface area contributed by atoms with Gasteiger partial charge >= 0.3 is 0 Å². The lowest BCUT2D eigenvalue weighted by atomic mass is 10.3. The third-order valence-corrected chi connectivity index (χ3v) is 3.22. The molecule has 5 nitrogen and oxygen atoms in total. The Bertz CT molecular complexity index is 577. The zero-order valence-electron chi connectivity index (χ0n) is 12.4. The molecule has 0 fully saturated rings. The van der Waals surface area contributed by atoms with Crippen LogP contribution >= 0.6 is 0 Å². The minimum absolute atomic E-state index is 0.379. The van der Waals surface area contributed by atoms with Crippen molar-refractivity contribution in [1.29, 1.82) is 0 Å². The van der Waals surface area contributed by atoms with Crippen molar-refractivity contribution < 1.29 is 4.74 Å². The van der Waals surface area contributed by atoms with Gasteiger partial charge in [-0.2, -0.15) is 5.10 Å². The molecule has 0 aliphatic heterocycles. The summed E-state index contributed by atoms with van der Waals surface area (Å²) in [5, 5.41) is 4.51. The monoisotopic (exact) mass is 274 g/mol. The van der Waals surface area contributed by atoms with Crippen LogP contribution in [0.1, 0.15) is 36.6 Å². The van der Waals surface area contributed by atoms with Crippen LogP contribution in [-0.4, -0.2) is 14.8 Å². The summed E-state index contributed by atoms with van der Waals surface area (Å²) in [7, 11) is 0. The van der Waals surface area contributed by atoms with Gasteiger partial charge in [-0.25, -0.2) is 0 Å². The first kappa shape index (κ1) is 14.5. The standard InChI is InChI=1S/C15H22N4O/c1-4-12-8-13(19(5-2)18-12)10-20-15-7-6-11(3)17-14(15)9-16/h6-8H,4-5,9-10,16H2,1-3H3. The SMILES string of the molecule is CCc1cc(COc2ccc(C)nc2CN)n(CC)n1. The highest BCUT2D eigenvalue weighted by Gasteiger charge is 2.09. The molecule has 0 unspecified atom stereocenters. The fourth-order valence-electron chi connectivity index (χ4n) is 2.10. The number of nitrogens with two attached hydrogens (primary N) is 1. The van der Waals surface area contributed by atoms with Crippen LogP contribution in [0.3, 0.4) is 0 Å².